The monoisotopic (exact) mass is 206 g/mol. The molecule has 2 atom stereocenters. The molecule has 15 heavy (non-hydrogen) atoms. The SMILES string of the molecule is CCCC(C)(Cc1ccccc1)C(C)O. The highest BCUT2D eigenvalue weighted by atomic mass is 16.3. The van der Waals surface area contributed by atoms with Gasteiger partial charge in [0.2, 0.25) is 0 Å². The molecule has 1 N–H and O–H groups in total. The number of hydrogen-bond acceptors (Lipinski definition) is 1. The van der Waals surface area contributed by atoms with E-state index in [4.69, 9.17) is 0 Å². The number of rotatable bonds is 5. The van der Waals surface area contributed by atoms with Crippen LogP contribution in [0.15, 0.2) is 30.3 Å². The van der Waals surface area contributed by atoms with E-state index in [2.05, 4.69) is 38.1 Å². The summed E-state index contributed by atoms with van der Waals surface area (Å²) in [5, 5.41) is 9.86. The first kappa shape index (κ1) is 12.3. The van der Waals surface area contributed by atoms with Crippen LogP contribution in [0.4, 0.5) is 0 Å². The van der Waals surface area contributed by atoms with Crippen molar-refractivity contribution in [1.29, 1.82) is 0 Å². The number of benzene rings is 1. The number of aliphatic hydroxyl groups is 1. The molecule has 0 amide bonds. The maximum absolute atomic E-state index is 9.86. The van der Waals surface area contributed by atoms with Crippen LogP contribution in [0.3, 0.4) is 0 Å². The van der Waals surface area contributed by atoms with Crippen LogP contribution in [-0.4, -0.2) is 11.2 Å². The maximum Gasteiger partial charge on any atom is 0.0568 e. The number of aliphatic hydroxyl groups excluding tert-OH is 1. The van der Waals surface area contributed by atoms with E-state index in [0.717, 1.165) is 19.3 Å². The Morgan fingerprint density at radius 1 is 1.27 bits per heavy atom. The predicted octanol–water partition coefficient (Wildman–Crippen LogP) is 3.42. The fourth-order valence-electron chi connectivity index (χ4n) is 2.08. The van der Waals surface area contributed by atoms with Gasteiger partial charge < -0.3 is 5.11 Å². The molecule has 0 aromatic heterocycles. The van der Waals surface area contributed by atoms with Crippen molar-refractivity contribution in [2.24, 2.45) is 5.41 Å². The smallest absolute Gasteiger partial charge is 0.0568 e. The van der Waals surface area contributed by atoms with Crippen LogP contribution in [0, 0.1) is 5.41 Å². The van der Waals surface area contributed by atoms with Gasteiger partial charge in [0.1, 0.15) is 0 Å². The van der Waals surface area contributed by atoms with Gasteiger partial charge in [0, 0.05) is 0 Å². The first-order valence-electron chi connectivity index (χ1n) is 5.80. The molecule has 0 aliphatic heterocycles. The van der Waals surface area contributed by atoms with Gasteiger partial charge in [0.25, 0.3) is 0 Å². The van der Waals surface area contributed by atoms with E-state index in [0.29, 0.717) is 0 Å². The third-order valence-corrected chi connectivity index (χ3v) is 3.28. The Kier molecular flexibility index (Phi) is 4.34. The van der Waals surface area contributed by atoms with E-state index in [-0.39, 0.29) is 11.5 Å². The summed E-state index contributed by atoms with van der Waals surface area (Å²) < 4.78 is 0. The van der Waals surface area contributed by atoms with Crippen molar-refractivity contribution in [3.8, 4) is 0 Å². The van der Waals surface area contributed by atoms with Crippen LogP contribution in [0.25, 0.3) is 0 Å². The van der Waals surface area contributed by atoms with Gasteiger partial charge >= 0.3 is 0 Å². The van der Waals surface area contributed by atoms with Gasteiger partial charge in [-0.2, -0.15) is 0 Å². The normalized spacial score (nSPS) is 17.1. The first-order chi connectivity index (χ1) is 7.08. The van der Waals surface area contributed by atoms with E-state index >= 15 is 0 Å². The van der Waals surface area contributed by atoms with E-state index < -0.39 is 0 Å². The molecule has 0 aliphatic rings. The van der Waals surface area contributed by atoms with Crippen molar-refractivity contribution in [3.63, 3.8) is 0 Å². The van der Waals surface area contributed by atoms with Crippen LogP contribution in [0.1, 0.15) is 39.2 Å². The zero-order valence-corrected chi connectivity index (χ0v) is 10.0. The van der Waals surface area contributed by atoms with E-state index in [1.807, 2.05) is 13.0 Å². The van der Waals surface area contributed by atoms with Crippen LogP contribution >= 0.6 is 0 Å². The minimum absolute atomic E-state index is 0.0100. The zero-order chi connectivity index (χ0) is 11.3. The second kappa shape index (κ2) is 5.32. The summed E-state index contributed by atoms with van der Waals surface area (Å²) in [5.74, 6) is 0. The Labute approximate surface area is 93.1 Å². The molecule has 1 heteroatoms. The van der Waals surface area contributed by atoms with Gasteiger partial charge in [-0.1, -0.05) is 50.6 Å². The number of hydrogen-bond donors (Lipinski definition) is 1. The molecule has 0 aliphatic carbocycles. The third kappa shape index (κ3) is 3.35. The van der Waals surface area contributed by atoms with E-state index in [9.17, 15) is 5.11 Å². The van der Waals surface area contributed by atoms with Crippen LogP contribution in [0.5, 0.6) is 0 Å². The second-order valence-electron chi connectivity index (χ2n) is 4.74. The largest absolute Gasteiger partial charge is 0.393 e. The maximum atomic E-state index is 9.86. The second-order valence-corrected chi connectivity index (χ2v) is 4.74. The molecule has 1 rings (SSSR count). The molecule has 1 nitrogen and oxygen atoms in total. The molecule has 84 valence electrons. The molecule has 0 saturated heterocycles. The highest BCUT2D eigenvalue weighted by Crippen LogP contribution is 2.31. The zero-order valence-electron chi connectivity index (χ0n) is 10.0. The van der Waals surface area contributed by atoms with Crippen molar-refractivity contribution in [2.75, 3.05) is 0 Å². The molecule has 0 bridgehead atoms. The van der Waals surface area contributed by atoms with Crippen LogP contribution in [0.2, 0.25) is 0 Å². The minimum Gasteiger partial charge on any atom is -0.393 e. The standard InChI is InChI=1S/C14H22O/c1-4-10-14(3,12(2)15)11-13-8-6-5-7-9-13/h5-9,12,15H,4,10-11H2,1-3H3. The summed E-state index contributed by atoms with van der Waals surface area (Å²) in [6, 6.07) is 10.4. The fraction of sp³-hybridized carbons (Fsp3) is 0.571. The summed E-state index contributed by atoms with van der Waals surface area (Å²) >= 11 is 0. The van der Waals surface area contributed by atoms with Crippen molar-refractivity contribution < 1.29 is 5.11 Å². The highest BCUT2D eigenvalue weighted by molar-refractivity contribution is 5.16. The van der Waals surface area contributed by atoms with Gasteiger partial charge in [0.05, 0.1) is 6.10 Å². The topological polar surface area (TPSA) is 20.2 Å². The Bertz CT molecular complexity index is 279. The molecule has 0 radical (unpaired) electrons. The Morgan fingerprint density at radius 2 is 1.87 bits per heavy atom. The minimum atomic E-state index is -0.252. The van der Waals surface area contributed by atoms with Gasteiger partial charge in [-0.15, -0.1) is 0 Å². The molecule has 1 aromatic rings. The lowest BCUT2D eigenvalue weighted by molar-refractivity contribution is 0.0450. The molecule has 0 spiro atoms. The van der Waals surface area contributed by atoms with Gasteiger partial charge in [-0.25, -0.2) is 0 Å². The molecule has 2 unspecified atom stereocenters. The highest BCUT2D eigenvalue weighted by Gasteiger charge is 2.28. The first-order valence-corrected chi connectivity index (χ1v) is 5.80. The summed E-state index contributed by atoms with van der Waals surface area (Å²) in [4.78, 5) is 0. The van der Waals surface area contributed by atoms with Crippen molar-refractivity contribution >= 4 is 0 Å². The third-order valence-electron chi connectivity index (χ3n) is 3.28. The molecular formula is C14H22O. The van der Waals surface area contributed by atoms with Crippen LogP contribution in [-0.2, 0) is 6.42 Å². The Hall–Kier alpha value is -0.820. The molecule has 0 heterocycles. The summed E-state index contributed by atoms with van der Waals surface area (Å²) in [5.41, 5.74) is 1.32. The lowest BCUT2D eigenvalue weighted by Crippen LogP contribution is -2.32. The van der Waals surface area contributed by atoms with Gasteiger partial charge in [0.15, 0.2) is 0 Å². The predicted molar refractivity (Wildman–Crippen MR) is 64.8 cm³/mol. The lowest BCUT2D eigenvalue weighted by Gasteiger charge is -2.32. The average Bonchev–Trinajstić information content (AvgIpc) is 2.19. The Morgan fingerprint density at radius 3 is 2.33 bits per heavy atom. The molecule has 1 aromatic carbocycles. The van der Waals surface area contributed by atoms with E-state index in [1.165, 1.54) is 5.56 Å². The average molecular weight is 206 g/mol. The molecular weight excluding hydrogens is 184 g/mol. The quantitative estimate of drug-likeness (QED) is 0.782. The summed E-state index contributed by atoms with van der Waals surface area (Å²) in [6.07, 6.45) is 2.89. The van der Waals surface area contributed by atoms with Crippen molar-refractivity contribution in [3.05, 3.63) is 35.9 Å². The van der Waals surface area contributed by atoms with E-state index in [1.54, 1.807) is 0 Å². The van der Waals surface area contributed by atoms with Crippen molar-refractivity contribution in [2.45, 2.75) is 46.1 Å². The molecule has 0 fully saturated rings. The summed E-state index contributed by atoms with van der Waals surface area (Å²) in [6.45, 7) is 6.25. The lowest BCUT2D eigenvalue weighted by atomic mass is 9.76. The van der Waals surface area contributed by atoms with Gasteiger partial charge in [-0.05, 0) is 30.7 Å². The van der Waals surface area contributed by atoms with Crippen molar-refractivity contribution in [1.82, 2.24) is 0 Å². The Balaban J connectivity index is 2.75. The van der Waals surface area contributed by atoms with Crippen LogP contribution < -0.4 is 0 Å². The summed E-state index contributed by atoms with van der Waals surface area (Å²) in [7, 11) is 0. The molecule has 0 saturated carbocycles. The fourth-order valence-corrected chi connectivity index (χ4v) is 2.08. The van der Waals surface area contributed by atoms with Gasteiger partial charge in [-0.3, -0.25) is 0 Å².